The van der Waals surface area contributed by atoms with E-state index in [9.17, 15) is 9.59 Å². The van der Waals surface area contributed by atoms with Gasteiger partial charge in [-0.1, -0.05) is 20.8 Å². The average molecular weight is 292 g/mol. The van der Waals surface area contributed by atoms with Gasteiger partial charge in [0.15, 0.2) is 0 Å². The Morgan fingerprint density at radius 3 is 2.57 bits per heavy atom. The van der Waals surface area contributed by atoms with Crippen molar-refractivity contribution in [1.82, 2.24) is 19.8 Å². The van der Waals surface area contributed by atoms with Gasteiger partial charge in [0.25, 0.3) is 0 Å². The molecule has 21 heavy (non-hydrogen) atoms. The Bertz CT molecular complexity index is 523. The van der Waals surface area contributed by atoms with Crippen LogP contribution in [-0.4, -0.2) is 44.9 Å². The van der Waals surface area contributed by atoms with Crippen molar-refractivity contribution in [2.24, 2.45) is 5.92 Å². The molecule has 0 bridgehead atoms. The van der Waals surface area contributed by atoms with Gasteiger partial charge in [-0.25, -0.2) is 4.98 Å². The Kier molecular flexibility index (Phi) is 4.65. The molecular formula is C15H24N4O2. The van der Waals surface area contributed by atoms with E-state index in [4.69, 9.17) is 0 Å². The number of imidazole rings is 1. The molecule has 0 aliphatic carbocycles. The molecule has 2 atom stereocenters. The molecule has 6 heteroatoms. The summed E-state index contributed by atoms with van der Waals surface area (Å²) < 4.78 is 2.00. The van der Waals surface area contributed by atoms with E-state index in [1.165, 1.54) is 0 Å². The molecule has 2 amide bonds. The molecule has 1 aliphatic rings. The topological polar surface area (TPSA) is 67.2 Å². The molecule has 0 aromatic carbocycles. The summed E-state index contributed by atoms with van der Waals surface area (Å²) in [6, 6.07) is -0.777. The second kappa shape index (κ2) is 6.28. The van der Waals surface area contributed by atoms with Crippen LogP contribution in [0.1, 0.15) is 33.0 Å². The normalized spacial score (nSPS) is 22.8. The SMILES string of the molecule is CCC1C(=O)NC(C(C)C)C(=O)N1CCn1ccnc1C. The number of rotatable bonds is 5. The van der Waals surface area contributed by atoms with Gasteiger partial charge in [0.1, 0.15) is 17.9 Å². The first-order valence-corrected chi connectivity index (χ1v) is 7.54. The van der Waals surface area contributed by atoms with Crippen LogP contribution in [-0.2, 0) is 16.1 Å². The molecule has 2 heterocycles. The predicted octanol–water partition coefficient (Wildman–Crippen LogP) is 0.953. The lowest BCUT2D eigenvalue weighted by molar-refractivity contribution is -0.150. The van der Waals surface area contributed by atoms with Gasteiger partial charge in [0.2, 0.25) is 11.8 Å². The van der Waals surface area contributed by atoms with E-state index in [2.05, 4.69) is 10.3 Å². The summed E-state index contributed by atoms with van der Waals surface area (Å²) in [7, 11) is 0. The van der Waals surface area contributed by atoms with Gasteiger partial charge in [-0.15, -0.1) is 0 Å². The van der Waals surface area contributed by atoms with Crippen LogP contribution in [0.4, 0.5) is 0 Å². The van der Waals surface area contributed by atoms with Crippen LogP contribution in [0.25, 0.3) is 0 Å². The minimum Gasteiger partial charge on any atom is -0.342 e. The standard InChI is InChI=1S/C15H24N4O2/c1-5-12-14(20)17-13(10(2)3)15(21)19(12)9-8-18-7-6-16-11(18)4/h6-7,10,12-13H,5,8-9H2,1-4H3,(H,17,20). The lowest BCUT2D eigenvalue weighted by Crippen LogP contribution is -2.64. The van der Waals surface area contributed by atoms with Crippen molar-refractivity contribution in [3.05, 3.63) is 18.2 Å². The van der Waals surface area contributed by atoms with Crippen molar-refractivity contribution in [3.63, 3.8) is 0 Å². The van der Waals surface area contributed by atoms with E-state index in [1.807, 2.05) is 38.5 Å². The molecule has 0 saturated carbocycles. The zero-order chi connectivity index (χ0) is 15.6. The number of nitrogens with zero attached hydrogens (tertiary/aromatic N) is 3. The minimum atomic E-state index is -0.413. The number of aromatic nitrogens is 2. The first-order chi connectivity index (χ1) is 9.95. The van der Waals surface area contributed by atoms with Gasteiger partial charge < -0.3 is 14.8 Å². The second-order valence-electron chi connectivity index (χ2n) is 5.85. The van der Waals surface area contributed by atoms with E-state index in [-0.39, 0.29) is 23.8 Å². The van der Waals surface area contributed by atoms with Crippen molar-refractivity contribution < 1.29 is 9.59 Å². The van der Waals surface area contributed by atoms with Crippen molar-refractivity contribution in [3.8, 4) is 0 Å². The predicted molar refractivity (Wildman–Crippen MR) is 79.5 cm³/mol. The monoisotopic (exact) mass is 292 g/mol. The van der Waals surface area contributed by atoms with Gasteiger partial charge in [0.05, 0.1) is 0 Å². The van der Waals surface area contributed by atoms with Gasteiger partial charge in [-0.3, -0.25) is 9.59 Å². The number of hydrogen-bond donors (Lipinski definition) is 1. The summed E-state index contributed by atoms with van der Waals surface area (Å²) in [6.07, 6.45) is 4.27. The highest BCUT2D eigenvalue weighted by Crippen LogP contribution is 2.17. The van der Waals surface area contributed by atoms with Gasteiger partial charge >= 0.3 is 0 Å². The summed E-state index contributed by atoms with van der Waals surface area (Å²) in [4.78, 5) is 30.7. The maximum Gasteiger partial charge on any atom is 0.246 e. The van der Waals surface area contributed by atoms with Crippen molar-refractivity contribution in [2.75, 3.05) is 6.54 Å². The molecule has 116 valence electrons. The molecule has 2 unspecified atom stereocenters. The highest BCUT2D eigenvalue weighted by Gasteiger charge is 2.40. The Hall–Kier alpha value is -1.85. The van der Waals surface area contributed by atoms with Crippen LogP contribution in [0.5, 0.6) is 0 Å². The van der Waals surface area contributed by atoms with Gasteiger partial charge in [0, 0.05) is 25.5 Å². The minimum absolute atomic E-state index is 0.0224. The number of amides is 2. The summed E-state index contributed by atoms with van der Waals surface area (Å²) in [5.41, 5.74) is 0. The Labute approximate surface area is 125 Å². The fourth-order valence-corrected chi connectivity index (χ4v) is 2.76. The Balaban J connectivity index is 2.14. The maximum absolute atomic E-state index is 12.6. The average Bonchev–Trinajstić information content (AvgIpc) is 2.84. The van der Waals surface area contributed by atoms with Crippen LogP contribution < -0.4 is 5.32 Å². The summed E-state index contributed by atoms with van der Waals surface area (Å²) in [5, 5.41) is 2.85. The molecule has 0 spiro atoms. The van der Waals surface area contributed by atoms with E-state index >= 15 is 0 Å². The third-order valence-corrected chi connectivity index (χ3v) is 4.08. The largest absolute Gasteiger partial charge is 0.342 e. The number of hydrogen-bond acceptors (Lipinski definition) is 3. The molecule has 1 saturated heterocycles. The quantitative estimate of drug-likeness (QED) is 0.878. The zero-order valence-corrected chi connectivity index (χ0v) is 13.2. The third-order valence-electron chi connectivity index (χ3n) is 4.08. The number of piperazine rings is 1. The third kappa shape index (κ3) is 3.09. The molecule has 0 radical (unpaired) electrons. The van der Waals surface area contributed by atoms with E-state index in [1.54, 1.807) is 11.1 Å². The molecular weight excluding hydrogens is 268 g/mol. The fraction of sp³-hybridized carbons (Fsp3) is 0.667. The first kappa shape index (κ1) is 15.5. The number of nitrogens with one attached hydrogen (secondary N) is 1. The molecule has 1 aromatic heterocycles. The number of carbonyl (C=O) groups is 2. The van der Waals surface area contributed by atoms with Crippen molar-refractivity contribution in [2.45, 2.75) is 52.7 Å². The molecule has 1 aromatic rings. The van der Waals surface area contributed by atoms with Crippen LogP contribution in [0.3, 0.4) is 0 Å². The first-order valence-electron chi connectivity index (χ1n) is 7.54. The second-order valence-corrected chi connectivity index (χ2v) is 5.85. The summed E-state index contributed by atoms with van der Waals surface area (Å²) in [6.45, 7) is 8.96. The van der Waals surface area contributed by atoms with E-state index < -0.39 is 6.04 Å². The smallest absolute Gasteiger partial charge is 0.246 e. The van der Waals surface area contributed by atoms with Crippen LogP contribution in [0, 0.1) is 12.8 Å². The molecule has 6 nitrogen and oxygen atoms in total. The Morgan fingerprint density at radius 2 is 2.05 bits per heavy atom. The van der Waals surface area contributed by atoms with E-state index in [0.29, 0.717) is 19.5 Å². The van der Waals surface area contributed by atoms with Crippen molar-refractivity contribution >= 4 is 11.8 Å². The molecule has 1 aliphatic heterocycles. The van der Waals surface area contributed by atoms with Crippen LogP contribution >= 0.6 is 0 Å². The maximum atomic E-state index is 12.6. The number of aryl methyl sites for hydroxylation is 1. The highest BCUT2D eigenvalue weighted by molar-refractivity contribution is 5.97. The highest BCUT2D eigenvalue weighted by atomic mass is 16.2. The zero-order valence-electron chi connectivity index (χ0n) is 13.2. The van der Waals surface area contributed by atoms with E-state index in [0.717, 1.165) is 5.82 Å². The Morgan fingerprint density at radius 1 is 1.33 bits per heavy atom. The lowest BCUT2D eigenvalue weighted by atomic mass is 9.97. The number of carbonyl (C=O) groups excluding carboxylic acids is 2. The van der Waals surface area contributed by atoms with Crippen LogP contribution in [0.15, 0.2) is 12.4 Å². The fourth-order valence-electron chi connectivity index (χ4n) is 2.76. The van der Waals surface area contributed by atoms with Crippen LogP contribution in [0.2, 0.25) is 0 Å². The summed E-state index contributed by atoms with van der Waals surface area (Å²) >= 11 is 0. The van der Waals surface area contributed by atoms with Crippen molar-refractivity contribution in [1.29, 1.82) is 0 Å². The molecule has 2 rings (SSSR count). The molecule has 1 fully saturated rings. The van der Waals surface area contributed by atoms with Gasteiger partial charge in [-0.05, 0) is 19.3 Å². The molecule has 1 N–H and O–H groups in total. The lowest BCUT2D eigenvalue weighted by Gasteiger charge is -2.40. The summed E-state index contributed by atoms with van der Waals surface area (Å²) in [5.74, 6) is 0.987. The van der Waals surface area contributed by atoms with Gasteiger partial charge in [-0.2, -0.15) is 0 Å².